The smallest absolute Gasteiger partial charge is 0.119 e. The predicted octanol–water partition coefficient (Wildman–Crippen LogP) is 4.65. The molecule has 0 saturated carbocycles. The van der Waals surface area contributed by atoms with Crippen LogP contribution in [0.25, 0.3) is 0 Å². The van der Waals surface area contributed by atoms with Gasteiger partial charge in [-0.25, -0.2) is 0 Å². The van der Waals surface area contributed by atoms with Gasteiger partial charge < -0.3 is 9.84 Å². The van der Waals surface area contributed by atoms with Crippen LogP contribution < -0.4 is 4.74 Å². The van der Waals surface area contributed by atoms with Crippen LogP contribution in [0.3, 0.4) is 0 Å². The number of benzene rings is 1. The third kappa shape index (κ3) is 3.99. The van der Waals surface area contributed by atoms with Gasteiger partial charge in [-0.15, -0.1) is 0 Å². The topological polar surface area (TPSA) is 29.5 Å². The van der Waals surface area contributed by atoms with Gasteiger partial charge in [-0.2, -0.15) is 0 Å². The predicted molar refractivity (Wildman–Crippen MR) is 83.1 cm³/mol. The molecule has 20 heavy (non-hydrogen) atoms. The van der Waals surface area contributed by atoms with Crippen molar-refractivity contribution < 1.29 is 9.84 Å². The summed E-state index contributed by atoms with van der Waals surface area (Å²) in [5, 5.41) is 9.96. The largest absolute Gasteiger partial charge is 0.493 e. The standard InChI is InChI=1S/C18H28O2/c1-3-5-7-14(4-2)13-20-16-10-11-17-15(12-16)8-6-9-18(17)19/h10-12,14,18-19H,3-9,13H2,1-2H3. The van der Waals surface area contributed by atoms with Crippen LogP contribution in [0, 0.1) is 5.92 Å². The van der Waals surface area contributed by atoms with Gasteiger partial charge in [-0.1, -0.05) is 39.2 Å². The summed E-state index contributed by atoms with van der Waals surface area (Å²) in [5.41, 5.74) is 2.37. The Balaban J connectivity index is 1.93. The van der Waals surface area contributed by atoms with Gasteiger partial charge in [0.05, 0.1) is 12.7 Å². The van der Waals surface area contributed by atoms with E-state index in [-0.39, 0.29) is 6.10 Å². The molecular weight excluding hydrogens is 248 g/mol. The number of aryl methyl sites for hydroxylation is 1. The second-order valence-corrected chi connectivity index (χ2v) is 6.00. The van der Waals surface area contributed by atoms with Gasteiger partial charge in [-0.3, -0.25) is 0 Å². The van der Waals surface area contributed by atoms with E-state index in [1.165, 1.54) is 31.2 Å². The summed E-state index contributed by atoms with van der Waals surface area (Å²) in [6.07, 6.45) is 7.75. The Hall–Kier alpha value is -1.02. The lowest BCUT2D eigenvalue weighted by Crippen LogP contribution is -2.13. The van der Waals surface area contributed by atoms with Crippen molar-refractivity contribution in [3.05, 3.63) is 29.3 Å². The van der Waals surface area contributed by atoms with E-state index in [1.807, 2.05) is 12.1 Å². The molecule has 2 rings (SSSR count). The first-order valence-corrected chi connectivity index (χ1v) is 8.18. The highest BCUT2D eigenvalue weighted by Crippen LogP contribution is 2.32. The highest BCUT2D eigenvalue weighted by Gasteiger charge is 2.18. The van der Waals surface area contributed by atoms with E-state index in [0.717, 1.165) is 37.2 Å². The second kappa shape index (κ2) is 7.68. The Labute approximate surface area is 123 Å². The number of unbranched alkanes of at least 4 members (excludes halogenated alkanes) is 1. The molecule has 0 saturated heterocycles. The molecule has 0 spiro atoms. The van der Waals surface area contributed by atoms with Crippen LogP contribution in [0.2, 0.25) is 0 Å². The monoisotopic (exact) mass is 276 g/mol. The van der Waals surface area contributed by atoms with Crippen molar-refractivity contribution in [3.63, 3.8) is 0 Å². The van der Waals surface area contributed by atoms with Crippen LogP contribution in [0.4, 0.5) is 0 Å². The zero-order valence-corrected chi connectivity index (χ0v) is 12.9. The van der Waals surface area contributed by atoms with Crippen LogP contribution >= 0.6 is 0 Å². The first-order valence-electron chi connectivity index (χ1n) is 8.18. The van der Waals surface area contributed by atoms with Crippen molar-refractivity contribution in [1.82, 2.24) is 0 Å². The quantitative estimate of drug-likeness (QED) is 0.785. The first-order chi connectivity index (χ1) is 9.74. The lowest BCUT2D eigenvalue weighted by Gasteiger charge is -2.22. The SMILES string of the molecule is CCCCC(CC)COc1ccc2c(c1)CCCC2O. The lowest BCUT2D eigenvalue weighted by atomic mass is 9.89. The third-order valence-corrected chi connectivity index (χ3v) is 4.43. The van der Waals surface area contributed by atoms with Crippen molar-refractivity contribution in [2.24, 2.45) is 5.92 Å². The normalized spacial score (nSPS) is 19.4. The molecule has 0 aromatic heterocycles. The van der Waals surface area contributed by atoms with Crippen molar-refractivity contribution in [1.29, 1.82) is 0 Å². The molecule has 2 nitrogen and oxygen atoms in total. The molecule has 1 aromatic carbocycles. The summed E-state index contributed by atoms with van der Waals surface area (Å²) in [4.78, 5) is 0. The van der Waals surface area contributed by atoms with Gasteiger partial charge in [0.1, 0.15) is 5.75 Å². The average molecular weight is 276 g/mol. The Morgan fingerprint density at radius 1 is 1.35 bits per heavy atom. The molecule has 1 aliphatic carbocycles. The zero-order valence-electron chi connectivity index (χ0n) is 12.9. The van der Waals surface area contributed by atoms with Crippen LogP contribution in [-0.4, -0.2) is 11.7 Å². The maximum absolute atomic E-state index is 9.96. The van der Waals surface area contributed by atoms with E-state index in [0.29, 0.717) is 5.92 Å². The summed E-state index contributed by atoms with van der Waals surface area (Å²) in [6.45, 7) is 5.30. The van der Waals surface area contributed by atoms with Crippen LogP contribution in [0.15, 0.2) is 18.2 Å². The summed E-state index contributed by atoms with van der Waals surface area (Å²) in [6, 6.07) is 6.19. The van der Waals surface area contributed by atoms with Crippen molar-refractivity contribution in [2.75, 3.05) is 6.61 Å². The Bertz CT molecular complexity index is 414. The summed E-state index contributed by atoms with van der Waals surface area (Å²) >= 11 is 0. The number of aliphatic hydroxyl groups excluding tert-OH is 1. The van der Waals surface area contributed by atoms with Crippen molar-refractivity contribution >= 4 is 0 Å². The molecule has 0 amide bonds. The molecule has 0 heterocycles. The zero-order chi connectivity index (χ0) is 14.4. The molecule has 2 atom stereocenters. The summed E-state index contributed by atoms with van der Waals surface area (Å²) in [5.74, 6) is 1.63. The minimum atomic E-state index is -0.277. The molecule has 0 radical (unpaired) electrons. The first kappa shape index (κ1) is 15.4. The van der Waals surface area contributed by atoms with Crippen molar-refractivity contribution in [2.45, 2.75) is 64.9 Å². The molecule has 112 valence electrons. The van der Waals surface area contributed by atoms with Crippen LogP contribution in [0.1, 0.15) is 69.6 Å². The molecule has 2 unspecified atom stereocenters. The minimum Gasteiger partial charge on any atom is -0.493 e. The van der Waals surface area contributed by atoms with Gasteiger partial charge in [0, 0.05) is 0 Å². The second-order valence-electron chi connectivity index (χ2n) is 6.00. The van der Waals surface area contributed by atoms with E-state index < -0.39 is 0 Å². The minimum absolute atomic E-state index is 0.277. The molecule has 0 aliphatic heterocycles. The summed E-state index contributed by atoms with van der Waals surface area (Å²) < 4.78 is 5.98. The number of hydrogen-bond donors (Lipinski definition) is 1. The number of rotatable bonds is 7. The third-order valence-electron chi connectivity index (χ3n) is 4.43. The van der Waals surface area contributed by atoms with E-state index in [9.17, 15) is 5.11 Å². The van der Waals surface area contributed by atoms with E-state index >= 15 is 0 Å². The molecule has 1 N–H and O–H groups in total. The van der Waals surface area contributed by atoms with E-state index in [1.54, 1.807) is 0 Å². The maximum atomic E-state index is 9.96. The number of aliphatic hydroxyl groups is 1. The summed E-state index contributed by atoms with van der Waals surface area (Å²) in [7, 11) is 0. The lowest BCUT2D eigenvalue weighted by molar-refractivity contribution is 0.156. The highest BCUT2D eigenvalue weighted by molar-refractivity contribution is 5.38. The fourth-order valence-electron chi connectivity index (χ4n) is 2.97. The number of hydrogen-bond acceptors (Lipinski definition) is 2. The number of ether oxygens (including phenoxy) is 1. The van der Waals surface area contributed by atoms with Gasteiger partial charge in [0.15, 0.2) is 0 Å². The fraction of sp³-hybridized carbons (Fsp3) is 0.667. The number of fused-ring (bicyclic) bond motifs is 1. The average Bonchev–Trinajstić information content (AvgIpc) is 2.47. The van der Waals surface area contributed by atoms with Crippen molar-refractivity contribution in [3.8, 4) is 5.75 Å². The van der Waals surface area contributed by atoms with E-state index in [2.05, 4.69) is 19.9 Å². The molecule has 2 heteroatoms. The molecule has 0 bridgehead atoms. The molecule has 1 aliphatic rings. The highest BCUT2D eigenvalue weighted by atomic mass is 16.5. The Kier molecular flexibility index (Phi) is 5.90. The maximum Gasteiger partial charge on any atom is 0.119 e. The van der Waals surface area contributed by atoms with Gasteiger partial charge in [0.25, 0.3) is 0 Å². The molecule has 0 fully saturated rings. The van der Waals surface area contributed by atoms with Gasteiger partial charge >= 0.3 is 0 Å². The Morgan fingerprint density at radius 2 is 2.20 bits per heavy atom. The van der Waals surface area contributed by atoms with Crippen LogP contribution in [-0.2, 0) is 6.42 Å². The van der Waals surface area contributed by atoms with E-state index in [4.69, 9.17) is 4.74 Å². The molecular formula is C18H28O2. The Morgan fingerprint density at radius 3 is 2.95 bits per heavy atom. The fourth-order valence-corrected chi connectivity index (χ4v) is 2.97. The van der Waals surface area contributed by atoms with Crippen LogP contribution in [0.5, 0.6) is 5.75 Å². The van der Waals surface area contributed by atoms with Gasteiger partial charge in [-0.05, 0) is 54.9 Å². The molecule has 1 aromatic rings. The van der Waals surface area contributed by atoms with Gasteiger partial charge in [0.2, 0.25) is 0 Å².